The largest absolute Gasteiger partial charge is 0.469 e. The van der Waals surface area contributed by atoms with Crippen molar-refractivity contribution in [3.05, 3.63) is 78.7 Å². The first-order chi connectivity index (χ1) is 33.0. The topological polar surface area (TPSA) is 287 Å². The van der Waals surface area contributed by atoms with Gasteiger partial charge >= 0.3 is 47.8 Å². The van der Waals surface area contributed by atoms with Crippen LogP contribution in [0.1, 0.15) is 106 Å². The predicted octanol–water partition coefficient (Wildman–Crippen LogP) is 2.10. The summed E-state index contributed by atoms with van der Waals surface area (Å²) in [5.41, 5.74) is 4.73. The lowest BCUT2D eigenvalue weighted by atomic mass is 9.77. The summed E-state index contributed by atoms with van der Waals surface area (Å²) in [6.45, 7) is 0. The molecule has 5 rings (SSSR count). The number of esters is 8. The van der Waals surface area contributed by atoms with E-state index in [0.717, 1.165) is 0 Å². The van der Waals surface area contributed by atoms with Gasteiger partial charge in [-0.1, -0.05) is 0 Å². The maximum absolute atomic E-state index is 14.5. The second-order valence-electron chi connectivity index (χ2n) is 16.6. The van der Waals surface area contributed by atoms with Gasteiger partial charge < -0.3 is 58.2 Å². The number of nitrogens with one attached hydrogen (secondary N) is 4. The van der Waals surface area contributed by atoms with E-state index in [9.17, 15) is 43.2 Å². The summed E-state index contributed by atoms with van der Waals surface area (Å²) in [6.07, 6.45) is -1.96. The van der Waals surface area contributed by atoms with E-state index in [-0.39, 0.29) is 107 Å². The molecule has 6 bridgehead atoms. The minimum absolute atomic E-state index is 0.0246. The summed E-state index contributed by atoms with van der Waals surface area (Å²) in [7, 11) is 9.87. The first-order valence-corrected chi connectivity index (χ1v) is 22.2. The van der Waals surface area contributed by atoms with Crippen molar-refractivity contribution in [2.24, 2.45) is 0 Å². The Kier molecular flexibility index (Phi) is 18.1. The first kappa shape index (κ1) is 52.8. The zero-order valence-corrected chi connectivity index (χ0v) is 40.3. The van der Waals surface area contributed by atoms with Crippen LogP contribution in [0.3, 0.4) is 0 Å². The molecule has 0 aliphatic carbocycles. The van der Waals surface area contributed by atoms with Crippen LogP contribution in [0.5, 0.6) is 0 Å². The van der Waals surface area contributed by atoms with Gasteiger partial charge in [0.25, 0.3) is 0 Å². The van der Waals surface area contributed by atoms with Crippen LogP contribution in [0.15, 0.2) is 11.1 Å². The van der Waals surface area contributed by atoms with Crippen LogP contribution in [0.4, 0.5) is 0 Å². The Hall–Kier alpha value is -7.19. The van der Waals surface area contributed by atoms with Crippen LogP contribution in [0.25, 0.3) is 0 Å². The van der Waals surface area contributed by atoms with E-state index in [1.807, 2.05) is 0 Å². The molecular formula is C48H60N4O17. The second kappa shape index (κ2) is 23.7. The van der Waals surface area contributed by atoms with Crippen LogP contribution in [0, 0.1) is 0 Å². The number of aromatic amines is 3. The Morgan fingerprint density at radius 3 is 1.06 bits per heavy atom. The lowest BCUT2D eigenvalue weighted by Crippen LogP contribution is -2.49. The molecule has 21 nitrogen and oxygen atoms in total. The minimum Gasteiger partial charge on any atom is -0.469 e. The van der Waals surface area contributed by atoms with Gasteiger partial charge in [0.05, 0.1) is 88.1 Å². The summed E-state index contributed by atoms with van der Waals surface area (Å²) in [5, 5.41) is 3.16. The number of carbonyl (C=O) groups excluding carboxylic acids is 9. The van der Waals surface area contributed by atoms with Crippen molar-refractivity contribution < 1.29 is 81.0 Å². The SMILES string of the molecule is COC(=O)CCC1=C(CC(=O)OC)[C@]2(Cc3[nH]c(c(CC(=O)OC)c3CCC(=O)OC)Cc3[nH]c(c(CC(=O)OC)c3CCC(=O)OC)Cc3[nH]c(c(CC(=O)OC)c3CCC(=O)OC)C2)NC1=O. The third-order valence-corrected chi connectivity index (χ3v) is 12.8. The van der Waals surface area contributed by atoms with Gasteiger partial charge in [-0.3, -0.25) is 43.2 Å². The highest BCUT2D eigenvalue weighted by molar-refractivity contribution is 6.00. The van der Waals surface area contributed by atoms with Gasteiger partial charge in [0.1, 0.15) is 0 Å². The van der Waals surface area contributed by atoms with Crippen molar-refractivity contribution in [1.29, 1.82) is 0 Å². The Balaban J connectivity index is 1.97. The predicted molar refractivity (Wildman–Crippen MR) is 239 cm³/mol. The highest BCUT2D eigenvalue weighted by Crippen LogP contribution is 2.42. The van der Waals surface area contributed by atoms with Crippen molar-refractivity contribution in [1.82, 2.24) is 20.3 Å². The van der Waals surface area contributed by atoms with Crippen LogP contribution in [-0.2, 0) is 145 Å². The number of methoxy groups -OCH3 is 8. The fourth-order valence-electron chi connectivity index (χ4n) is 9.38. The number of carbonyl (C=O) groups is 9. The molecule has 0 saturated carbocycles. The van der Waals surface area contributed by atoms with Crippen LogP contribution >= 0.6 is 0 Å². The molecule has 0 aromatic carbocycles. The molecule has 2 aliphatic rings. The average Bonchev–Trinajstić information content (AvgIpc) is 4.01. The molecule has 0 fully saturated rings. The standard InChI is InChI=1S/C48H60N4O17/c1-62-39(53)13-9-25-29(17-43(57)66-5)35-22-34-26(10-14-40(54)63-2)31(19-45(59)68-7)38(50-34)24-48(32(20-46(60)69-8)28(47(61)52-48)12-16-42(56)65-4)23-37-27(11-15-41(55)64-3)30(18-44(58)67-6)36(51-37)21-33(25)49-35/h49-51H,9-24H2,1-8H3,(H,52,61)/t48-/m1/s1. The zero-order valence-electron chi connectivity index (χ0n) is 40.3. The molecule has 2 aliphatic heterocycles. The fourth-order valence-corrected chi connectivity index (χ4v) is 9.38. The van der Waals surface area contributed by atoms with Gasteiger partial charge in [0.15, 0.2) is 0 Å². The van der Waals surface area contributed by atoms with E-state index >= 15 is 0 Å². The van der Waals surface area contributed by atoms with Gasteiger partial charge in [-0.2, -0.15) is 0 Å². The zero-order chi connectivity index (χ0) is 50.6. The van der Waals surface area contributed by atoms with Crippen molar-refractivity contribution in [3.63, 3.8) is 0 Å². The molecule has 374 valence electrons. The number of aromatic nitrogens is 3. The second-order valence-corrected chi connectivity index (χ2v) is 16.6. The van der Waals surface area contributed by atoms with E-state index in [1.54, 1.807) is 0 Å². The highest BCUT2D eigenvalue weighted by atomic mass is 16.5. The number of amides is 1. The van der Waals surface area contributed by atoms with Crippen molar-refractivity contribution in [2.45, 2.75) is 108 Å². The maximum Gasteiger partial charge on any atom is 0.310 e. The van der Waals surface area contributed by atoms with E-state index < -0.39 is 65.6 Å². The van der Waals surface area contributed by atoms with Gasteiger partial charge in [0, 0.05) is 91.1 Å². The number of H-pyrrole nitrogens is 3. The number of rotatable bonds is 20. The molecule has 0 unspecified atom stereocenters. The fraction of sp³-hybridized carbons (Fsp3) is 0.521. The number of hydrogen-bond acceptors (Lipinski definition) is 17. The Labute approximate surface area is 398 Å². The lowest BCUT2D eigenvalue weighted by Gasteiger charge is -2.33. The molecule has 0 saturated heterocycles. The third-order valence-electron chi connectivity index (χ3n) is 12.8. The molecule has 1 atom stereocenters. The van der Waals surface area contributed by atoms with Gasteiger partial charge in [-0.15, -0.1) is 0 Å². The molecule has 4 N–H and O–H groups in total. The van der Waals surface area contributed by atoms with Crippen LogP contribution < -0.4 is 5.32 Å². The van der Waals surface area contributed by atoms with E-state index in [4.69, 9.17) is 37.9 Å². The molecule has 21 heteroatoms. The normalized spacial score (nSPS) is 15.2. The monoisotopic (exact) mass is 964 g/mol. The molecular weight excluding hydrogens is 905 g/mol. The number of hydrogen-bond donors (Lipinski definition) is 4. The molecule has 69 heavy (non-hydrogen) atoms. The molecule has 1 spiro atoms. The van der Waals surface area contributed by atoms with E-state index in [0.29, 0.717) is 67.5 Å². The summed E-state index contributed by atoms with van der Waals surface area (Å²) >= 11 is 0. The van der Waals surface area contributed by atoms with Gasteiger partial charge in [-0.25, -0.2) is 0 Å². The molecule has 0 radical (unpaired) electrons. The van der Waals surface area contributed by atoms with Gasteiger partial charge in [-0.05, 0) is 64.6 Å². The summed E-state index contributed by atoms with van der Waals surface area (Å²) < 4.78 is 40.6. The van der Waals surface area contributed by atoms with Crippen LogP contribution in [0.2, 0.25) is 0 Å². The quantitative estimate of drug-likeness (QED) is 0.0932. The number of fused-ring (bicyclic) bond motifs is 6. The molecule has 5 heterocycles. The van der Waals surface area contributed by atoms with Crippen LogP contribution in [-0.4, -0.2) is 131 Å². The minimum atomic E-state index is -1.56. The van der Waals surface area contributed by atoms with E-state index in [1.165, 1.54) is 56.9 Å². The summed E-state index contributed by atoms with van der Waals surface area (Å²) in [5.74, 6) is -5.38. The summed E-state index contributed by atoms with van der Waals surface area (Å²) in [4.78, 5) is 130. The summed E-state index contributed by atoms with van der Waals surface area (Å²) in [6, 6.07) is 0. The Morgan fingerprint density at radius 2 is 0.681 bits per heavy atom. The van der Waals surface area contributed by atoms with Crippen molar-refractivity contribution in [3.8, 4) is 0 Å². The van der Waals surface area contributed by atoms with E-state index in [2.05, 4.69) is 20.3 Å². The van der Waals surface area contributed by atoms with Gasteiger partial charge in [0.2, 0.25) is 5.91 Å². The molecule has 1 amide bonds. The number of ether oxygens (including phenoxy) is 8. The smallest absolute Gasteiger partial charge is 0.310 e. The molecule has 3 aromatic heterocycles. The average molecular weight is 965 g/mol. The third kappa shape index (κ3) is 12.5. The molecule has 3 aromatic rings. The Morgan fingerprint density at radius 1 is 0.391 bits per heavy atom. The highest BCUT2D eigenvalue weighted by Gasteiger charge is 2.48. The lowest BCUT2D eigenvalue weighted by molar-refractivity contribution is -0.141. The van der Waals surface area contributed by atoms with Crippen molar-refractivity contribution >= 4 is 53.7 Å². The first-order valence-electron chi connectivity index (χ1n) is 22.2. The maximum atomic E-state index is 14.5. The van der Waals surface area contributed by atoms with Crippen molar-refractivity contribution in [2.75, 3.05) is 56.9 Å². The Bertz CT molecular complexity index is 2520.